The Hall–Kier alpha value is -8.36. The summed E-state index contributed by atoms with van der Waals surface area (Å²) >= 11 is 0. The van der Waals surface area contributed by atoms with Crippen LogP contribution in [0.1, 0.15) is 34.1 Å². The smallest absolute Gasteiger partial charge is 0.318 e. The average molecular weight is 1370 g/mol. The number of likely N-dealkylation sites (tertiary alicyclic amines) is 4. The predicted molar refractivity (Wildman–Crippen MR) is 337 cm³/mol. The van der Waals surface area contributed by atoms with Crippen LogP contribution < -0.4 is 5.43 Å². The van der Waals surface area contributed by atoms with Gasteiger partial charge in [-0.1, -0.05) is 125 Å². The minimum absolute atomic E-state index is 0.0117. The van der Waals surface area contributed by atoms with Gasteiger partial charge in [-0.15, -0.1) is 0 Å². The lowest BCUT2D eigenvalue weighted by molar-refractivity contribution is -0.157. The first-order chi connectivity index (χ1) is 46.6. The van der Waals surface area contributed by atoms with Gasteiger partial charge in [0, 0.05) is 83.8 Å². The first-order valence-corrected chi connectivity index (χ1v) is 34.1. The van der Waals surface area contributed by atoms with Gasteiger partial charge < -0.3 is 19.3 Å². The topological polar surface area (TPSA) is 315 Å². The first kappa shape index (κ1) is 67.8. The van der Waals surface area contributed by atoms with E-state index in [0.29, 0.717) is 0 Å². The molecule has 6 saturated carbocycles. The highest BCUT2D eigenvalue weighted by Crippen LogP contribution is 2.63. The molecule has 7 aliphatic heterocycles. The molecule has 26 heteroatoms. The molecule has 7 heterocycles. The summed E-state index contributed by atoms with van der Waals surface area (Å²) in [6.45, 7) is 12.1. The second-order valence-electron chi connectivity index (χ2n) is 31.1. The van der Waals surface area contributed by atoms with Crippen LogP contribution in [0.25, 0.3) is 0 Å². The lowest BCUT2D eigenvalue weighted by Crippen LogP contribution is -2.45. The van der Waals surface area contributed by atoms with E-state index in [0.717, 1.165) is 16.9 Å². The van der Waals surface area contributed by atoms with Gasteiger partial charge in [0.25, 0.3) is 5.92 Å². The van der Waals surface area contributed by atoms with Gasteiger partial charge in [0.1, 0.15) is 0 Å². The Bertz CT molecular complexity index is 3720. The summed E-state index contributed by atoms with van der Waals surface area (Å²) in [6.07, 6.45) is 27.4. The Morgan fingerprint density at radius 2 is 0.717 bits per heavy atom. The summed E-state index contributed by atoms with van der Waals surface area (Å²) in [4.78, 5) is 167. The van der Waals surface area contributed by atoms with E-state index in [1.807, 2.05) is 81.6 Å². The fourth-order valence-electron chi connectivity index (χ4n) is 21.0. The van der Waals surface area contributed by atoms with E-state index in [9.17, 15) is 81.0 Å². The number of esters is 6. The summed E-state index contributed by atoms with van der Waals surface area (Å²) < 4.78 is 41.1. The highest BCUT2D eigenvalue weighted by atomic mass is 19.3. The molecule has 0 spiro atoms. The molecule has 7 saturated heterocycles. The van der Waals surface area contributed by atoms with E-state index >= 15 is 0 Å². The molecule has 20 rings (SSSR count). The first-order valence-electron chi connectivity index (χ1n) is 34.1. The number of aliphatic hydroxyl groups is 1. The highest BCUT2D eigenvalue weighted by molar-refractivity contribution is 6.09. The number of fused-ring (bicyclic) bond motifs is 31. The van der Waals surface area contributed by atoms with Crippen molar-refractivity contribution in [2.24, 2.45) is 171 Å². The monoisotopic (exact) mass is 1370 g/mol. The molecule has 99 heavy (non-hydrogen) atoms. The Morgan fingerprint density at radius 1 is 0.414 bits per heavy atom. The zero-order chi connectivity index (χ0) is 71.3. The maximum absolute atomic E-state index is 13.6. The fourth-order valence-corrected chi connectivity index (χ4v) is 21.0. The van der Waals surface area contributed by atoms with Crippen LogP contribution in [0.15, 0.2) is 97.2 Å². The molecule has 0 aromatic carbocycles. The van der Waals surface area contributed by atoms with E-state index < -0.39 is 47.5 Å². The molecule has 2 N–H and O–H groups in total. The largest absolute Gasteiger partial charge is 0.393 e. The number of hydrogen-bond acceptors (Lipinski definition) is 20. The second-order valence-corrected chi connectivity index (χ2v) is 31.1. The van der Waals surface area contributed by atoms with Crippen LogP contribution >= 0.6 is 0 Å². The minimum atomic E-state index is -2.91. The summed E-state index contributed by atoms with van der Waals surface area (Å²) in [5.74, 6) is -10.8. The normalized spacial score (nSPS) is 45.7. The van der Waals surface area contributed by atoms with Crippen molar-refractivity contribution in [3.8, 4) is 0 Å². The number of cyclic esters (lactones) is 6. The van der Waals surface area contributed by atoms with Crippen molar-refractivity contribution >= 4 is 83.1 Å². The van der Waals surface area contributed by atoms with Gasteiger partial charge in [-0.05, 0) is 47.3 Å². The second kappa shape index (κ2) is 23.6. The van der Waals surface area contributed by atoms with E-state index in [4.69, 9.17) is 0 Å². The average Bonchev–Trinajstić information content (AvgIpc) is 1.57. The lowest BCUT2D eigenvalue weighted by atomic mass is 9.73. The standard InChI is InChI=1S/C12H17N3O2.C11H11NO2.C11H12O3.C10H9F2NO2.C10H11NO3.C10H12O3.C9H8O3/c1-14(2)13-10-6-4-5-7(10)9-8(6)11(16)15(3)12(9)17;1-5-6-3-4-7(5)9-8(6)10(13)12(2)11(9)14;1-11(2)5-3-4-6(11)8-7(5)9(12)14-10(8)13;1-13-8(14)6-4-2-3-5(10(4,11)12)7(6)9(13)15;1-11-9(13)6-4-2-3-5(8(4)12)7(6)10(11)14;1-5-3-4-6(2)8-7(5)9(11)13-10(8)12;10-8-6-4-1-2-5(3-4)7(6)9(11)12-8/h4-10,13H,1-3H3;3-4,6-9H,1H2,2H3;3-8H,1-2H3;2-7H,1H3;2-8,12H,1H3;3-8H,1-2H3;1-2,4-7H,3H2. The number of rotatable bonds is 2. The zero-order valence-electron chi connectivity index (χ0n) is 56.2. The third-order valence-corrected chi connectivity index (χ3v) is 26.0. The van der Waals surface area contributed by atoms with Crippen LogP contribution in [-0.4, -0.2) is 173 Å². The molecule has 12 bridgehead atoms. The Labute approximate surface area is 568 Å². The van der Waals surface area contributed by atoms with Gasteiger partial charge in [0.05, 0.1) is 101 Å². The van der Waals surface area contributed by atoms with Crippen LogP contribution in [0, 0.1) is 171 Å². The number of carbonyl (C=O) groups excluding carboxylic acids is 14. The van der Waals surface area contributed by atoms with Crippen molar-refractivity contribution in [1.82, 2.24) is 30.0 Å². The molecule has 0 radical (unpaired) electrons. The maximum Gasteiger partial charge on any atom is 0.318 e. The van der Waals surface area contributed by atoms with Crippen molar-refractivity contribution in [2.75, 3.05) is 42.3 Å². The molecular weight excluding hydrogens is 1290 g/mol. The Kier molecular flexibility index (Phi) is 16.2. The van der Waals surface area contributed by atoms with E-state index in [1.165, 1.54) is 40.9 Å². The molecular formula is C73H80F2N6O18. The van der Waals surface area contributed by atoms with E-state index in [1.54, 1.807) is 14.1 Å². The number of carbonyl (C=O) groups is 14. The molecule has 28 unspecified atom stereocenters. The lowest BCUT2D eigenvalue weighted by Gasteiger charge is -2.26. The summed E-state index contributed by atoms with van der Waals surface area (Å²) in [5.41, 5.74) is 4.43. The Morgan fingerprint density at radius 3 is 1.08 bits per heavy atom. The van der Waals surface area contributed by atoms with Crippen molar-refractivity contribution in [3.63, 3.8) is 0 Å². The number of hydrogen-bond donors (Lipinski definition) is 2. The highest BCUT2D eigenvalue weighted by Gasteiger charge is 2.72. The number of ether oxygens (including phenoxy) is 3. The van der Waals surface area contributed by atoms with Gasteiger partial charge in [-0.3, -0.25) is 97.2 Å². The van der Waals surface area contributed by atoms with Crippen LogP contribution in [0.3, 0.4) is 0 Å². The van der Waals surface area contributed by atoms with Crippen LogP contribution in [-0.2, 0) is 81.3 Å². The number of amides is 8. The number of nitrogens with zero attached hydrogens (tertiary/aromatic N) is 5. The van der Waals surface area contributed by atoms with Crippen LogP contribution in [0.4, 0.5) is 8.78 Å². The zero-order valence-corrected chi connectivity index (χ0v) is 56.2. The number of imide groups is 4. The number of nitrogens with one attached hydrogen (secondary N) is 1. The van der Waals surface area contributed by atoms with E-state index in [-0.39, 0.29) is 225 Å². The number of alkyl halides is 2. The van der Waals surface area contributed by atoms with Gasteiger partial charge in [0.15, 0.2) is 0 Å². The molecule has 28 atom stereocenters. The number of hydrazine groups is 1. The molecule has 20 aliphatic rings. The van der Waals surface area contributed by atoms with Crippen molar-refractivity contribution in [2.45, 2.75) is 52.2 Å². The van der Waals surface area contributed by atoms with Crippen LogP contribution in [0.2, 0.25) is 0 Å². The molecule has 0 aromatic heterocycles. The Balaban J connectivity index is 0.0000000987. The number of allylic oxidation sites excluding steroid dienone is 11. The van der Waals surface area contributed by atoms with Crippen LogP contribution in [0.5, 0.6) is 0 Å². The molecule has 13 fully saturated rings. The van der Waals surface area contributed by atoms with E-state index in [2.05, 4.69) is 64.4 Å². The molecule has 524 valence electrons. The number of aliphatic hydroxyl groups excluding tert-OH is 1. The molecule has 24 nitrogen and oxygen atoms in total. The minimum Gasteiger partial charge on any atom is -0.393 e. The van der Waals surface area contributed by atoms with Crippen molar-refractivity contribution in [3.05, 3.63) is 97.2 Å². The molecule has 8 amide bonds. The molecule has 13 aliphatic carbocycles. The van der Waals surface area contributed by atoms with Gasteiger partial charge in [-0.25, -0.2) is 8.78 Å². The third kappa shape index (κ3) is 9.68. The SMILES string of the molecule is C=C1C2C=CC1C1C(=O)N(C)C(=O)C21.CC1(C)C2C=CC1C1C(=O)OC(=O)C12.CC1C=CC(C)C2C(=O)OC(=O)C12.CN(C)NC1C2C=CC1C1C(=O)N(C)C(=O)C21.CN1C(=O)C2C(C1=O)C1C=CC2C1(F)F.CN1C(=O)C2C3C=CC(C3O)C2C1=O.O=C1OC(=O)C2C3C=CC(C3)C12. The third-order valence-electron chi connectivity index (χ3n) is 26.0. The fraction of sp³-hybridized carbons (Fsp3) is 0.589. The maximum atomic E-state index is 13.6. The van der Waals surface area contributed by atoms with Crippen molar-refractivity contribution < 1.29 is 95.2 Å². The van der Waals surface area contributed by atoms with Gasteiger partial charge in [0.2, 0.25) is 47.3 Å². The summed E-state index contributed by atoms with van der Waals surface area (Å²) in [7, 11) is 9.92. The quantitative estimate of drug-likeness (QED) is 0.100. The summed E-state index contributed by atoms with van der Waals surface area (Å²) in [5, 5.41) is 11.7. The van der Waals surface area contributed by atoms with Gasteiger partial charge >= 0.3 is 35.8 Å². The van der Waals surface area contributed by atoms with Crippen molar-refractivity contribution in [1.29, 1.82) is 0 Å². The number of halogens is 2. The predicted octanol–water partition coefficient (Wildman–Crippen LogP) is 2.92. The van der Waals surface area contributed by atoms with Gasteiger partial charge in [-0.2, -0.15) is 0 Å². The summed E-state index contributed by atoms with van der Waals surface area (Å²) in [6, 6.07) is 0.196. The molecule has 0 aromatic rings.